The third-order valence-corrected chi connectivity index (χ3v) is 5.11. The van der Waals surface area contributed by atoms with E-state index in [1.54, 1.807) is 28.2 Å². The molecule has 2 N–H and O–H groups in total. The highest BCUT2D eigenvalue weighted by atomic mass is 79.9. The van der Waals surface area contributed by atoms with E-state index in [1.807, 2.05) is 29.7 Å². The SMILES string of the molecule is ON1C=CC=C(CNc2cc(-c3cccs3)nc3c(Br)cnn23)C1. The molecule has 8 heteroatoms. The van der Waals surface area contributed by atoms with Crippen molar-refractivity contribution >= 4 is 38.7 Å². The Labute approximate surface area is 150 Å². The second kappa shape index (κ2) is 6.39. The number of anilines is 1. The Kier molecular flexibility index (Phi) is 4.09. The summed E-state index contributed by atoms with van der Waals surface area (Å²) in [5, 5.41) is 20.5. The molecule has 0 spiro atoms. The molecule has 1 aliphatic heterocycles. The molecule has 24 heavy (non-hydrogen) atoms. The first kappa shape index (κ1) is 15.4. The Morgan fingerprint density at radius 2 is 2.33 bits per heavy atom. The fraction of sp³-hybridized carbons (Fsp3) is 0.125. The number of nitrogens with zero attached hydrogens (tertiary/aromatic N) is 4. The number of hydroxylamine groups is 2. The van der Waals surface area contributed by atoms with Crippen LogP contribution in [0.4, 0.5) is 5.82 Å². The molecule has 122 valence electrons. The van der Waals surface area contributed by atoms with Crippen LogP contribution in [-0.4, -0.2) is 38.0 Å². The zero-order valence-corrected chi connectivity index (χ0v) is 15.0. The molecule has 0 saturated heterocycles. The Bertz CT molecular complexity index is 932. The summed E-state index contributed by atoms with van der Waals surface area (Å²) in [5.74, 6) is 0.856. The Balaban J connectivity index is 1.68. The number of aromatic nitrogens is 3. The predicted molar refractivity (Wildman–Crippen MR) is 98.2 cm³/mol. The summed E-state index contributed by atoms with van der Waals surface area (Å²) in [5.41, 5.74) is 2.75. The van der Waals surface area contributed by atoms with Gasteiger partial charge in [0.05, 0.1) is 27.8 Å². The molecule has 1 aliphatic rings. The van der Waals surface area contributed by atoms with Gasteiger partial charge in [-0.25, -0.2) is 4.98 Å². The van der Waals surface area contributed by atoms with Gasteiger partial charge in [0.1, 0.15) is 5.82 Å². The highest BCUT2D eigenvalue weighted by Crippen LogP contribution is 2.28. The molecule has 0 atom stereocenters. The minimum absolute atomic E-state index is 0.484. The standard InChI is InChI=1S/C16H14BrN5OS/c17-12-9-19-22-15(18-8-11-3-1-5-21(23)10-11)7-13(20-16(12)22)14-4-2-6-24-14/h1-7,9,18,23H,8,10H2. The van der Waals surface area contributed by atoms with Crippen molar-refractivity contribution in [3.63, 3.8) is 0 Å². The zero-order valence-electron chi connectivity index (χ0n) is 12.6. The van der Waals surface area contributed by atoms with E-state index >= 15 is 0 Å². The van der Waals surface area contributed by atoms with E-state index in [2.05, 4.69) is 32.4 Å². The molecule has 4 rings (SSSR count). The summed E-state index contributed by atoms with van der Waals surface area (Å²) in [6, 6.07) is 6.06. The lowest BCUT2D eigenvalue weighted by atomic mass is 10.2. The molecule has 0 unspecified atom stereocenters. The zero-order chi connectivity index (χ0) is 16.5. The van der Waals surface area contributed by atoms with Gasteiger partial charge < -0.3 is 5.32 Å². The highest BCUT2D eigenvalue weighted by Gasteiger charge is 2.13. The molecular formula is C16H14BrN5OS. The van der Waals surface area contributed by atoms with Crippen LogP contribution >= 0.6 is 27.3 Å². The van der Waals surface area contributed by atoms with E-state index in [0.29, 0.717) is 13.1 Å². The van der Waals surface area contributed by atoms with E-state index in [1.165, 1.54) is 5.06 Å². The molecule has 3 aromatic heterocycles. The first-order chi connectivity index (χ1) is 11.7. The van der Waals surface area contributed by atoms with E-state index < -0.39 is 0 Å². The first-order valence-corrected chi connectivity index (χ1v) is 9.02. The number of fused-ring (bicyclic) bond motifs is 1. The number of nitrogens with one attached hydrogen (secondary N) is 1. The van der Waals surface area contributed by atoms with E-state index in [9.17, 15) is 5.21 Å². The second-order valence-electron chi connectivity index (χ2n) is 5.35. The predicted octanol–water partition coefficient (Wildman–Crippen LogP) is 3.78. The number of halogens is 1. The molecule has 0 bridgehead atoms. The van der Waals surface area contributed by atoms with Crippen LogP contribution in [0.15, 0.2) is 58.2 Å². The fourth-order valence-corrected chi connectivity index (χ4v) is 3.56. The van der Waals surface area contributed by atoms with Crippen molar-refractivity contribution in [2.45, 2.75) is 0 Å². The lowest BCUT2D eigenvalue weighted by Gasteiger charge is -2.19. The topological polar surface area (TPSA) is 65.7 Å². The number of rotatable bonds is 4. The van der Waals surface area contributed by atoms with Crippen molar-refractivity contribution in [1.82, 2.24) is 19.7 Å². The van der Waals surface area contributed by atoms with E-state index in [0.717, 1.165) is 32.1 Å². The van der Waals surface area contributed by atoms with Gasteiger partial charge in [0.2, 0.25) is 0 Å². The Hall–Kier alpha value is -2.16. The third kappa shape index (κ3) is 2.95. The highest BCUT2D eigenvalue weighted by molar-refractivity contribution is 9.10. The summed E-state index contributed by atoms with van der Waals surface area (Å²) in [4.78, 5) is 5.80. The van der Waals surface area contributed by atoms with Gasteiger partial charge >= 0.3 is 0 Å². The van der Waals surface area contributed by atoms with Crippen molar-refractivity contribution in [1.29, 1.82) is 0 Å². The summed E-state index contributed by atoms with van der Waals surface area (Å²) >= 11 is 5.16. The van der Waals surface area contributed by atoms with Crippen LogP contribution in [0, 0.1) is 0 Å². The van der Waals surface area contributed by atoms with Crippen LogP contribution in [0.25, 0.3) is 16.2 Å². The van der Waals surface area contributed by atoms with Gasteiger partial charge in [-0.3, -0.25) is 10.3 Å². The summed E-state index contributed by atoms with van der Waals surface area (Å²) in [6.07, 6.45) is 7.19. The normalized spacial score (nSPS) is 14.2. The minimum Gasteiger partial charge on any atom is -0.366 e. The Morgan fingerprint density at radius 1 is 1.42 bits per heavy atom. The monoisotopic (exact) mass is 403 g/mol. The van der Waals surface area contributed by atoms with Crippen molar-refractivity contribution in [3.05, 3.63) is 58.2 Å². The van der Waals surface area contributed by atoms with Crippen LogP contribution in [0.5, 0.6) is 0 Å². The minimum atomic E-state index is 0.484. The molecule has 0 radical (unpaired) electrons. The fourth-order valence-electron chi connectivity index (χ4n) is 2.52. The van der Waals surface area contributed by atoms with Gasteiger partial charge in [-0.1, -0.05) is 12.1 Å². The maximum absolute atomic E-state index is 9.57. The van der Waals surface area contributed by atoms with Gasteiger partial charge in [0, 0.05) is 18.8 Å². The molecule has 0 fully saturated rings. The van der Waals surface area contributed by atoms with Gasteiger partial charge in [0.25, 0.3) is 0 Å². The van der Waals surface area contributed by atoms with Gasteiger partial charge in [-0.15, -0.1) is 11.3 Å². The lowest BCUT2D eigenvalue weighted by Crippen LogP contribution is -2.22. The molecule has 4 heterocycles. The molecule has 0 aliphatic carbocycles. The third-order valence-electron chi connectivity index (χ3n) is 3.65. The van der Waals surface area contributed by atoms with Crippen molar-refractivity contribution in [3.8, 4) is 10.6 Å². The van der Waals surface area contributed by atoms with Crippen LogP contribution < -0.4 is 5.32 Å². The average molecular weight is 404 g/mol. The van der Waals surface area contributed by atoms with Crippen LogP contribution in [0.1, 0.15) is 0 Å². The largest absolute Gasteiger partial charge is 0.366 e. The van der Waals surface area contributed by atoms with Crippen molar-refractivity contribution < 1.29 is 5.21 Å². The molecule has 0 saturated carbocycles. The van der Waals surface area contributed by atoms with Gasteiger partial charge in [0.15, 0.2) is 5.65 Å². The van der Waals surface area contributed by atoms with Crippen LogP contribution in [0.3, 0.4) is 0 Å². The summed E-state index contributed by atoms with van der Waals surface area (Å²) in [7, 11) is 0. The average Bonchev–Trinajstić information content (AvgIpc) is 3.23. The van der Waals surface area contributed by atoms with Crippen molar-refractivity contribution in [2.24, 2.45) is 0 Å². The van der Waals surface area contributed by atoms with Gasteiger partial charge in [-0.05, 0) is 39.0 Å². The summed E-state index contributed by atoms with van der Waals surface area (Å²) in [6.45, 7) is 1.10. The maximum Gasteiger partial charge on any atom is 0.172 e. The quantitative estimate of drug-likeness (QED) is 0.693. The molecule has 6 nitrogen and oxygen atoms in total. The summed E-state index contributed by atoms with van der Waals surface area (Å²) < 4.78 is 2.63. The van der Waals surface area contributed by atoms with Crippen molar-refractivity contribution in [2.75, 3.05) is 18.4 Å². The molecule has 3 aromatic rings. The van der Waals surface area contributed by atoms with E-state index in [-0.39, 0.29) is 0 Å². The number of allylic oxidation sites excluding steroid dienone is 2. The second-order valence-corrected chi connectivity index (χ2v) is 7.15. The maximum atomic E-state index is 9.57. The first-order valence-electron chi connectivity index (χ1n) is 7.34. The number of thiophene rings is 1. The van der Waals surface area contributed by atoms with Crippen LogP contribution in [0.2, 0.25) is 0 Å². The van der Waals surface area contributed by atoms with Gasteiger partial charge in [-0.2, -0.15) is 9.61 Å². The number of hydrogen-bond acceptors (Lipinski definition) is 6. The molecular weight excluding hydrogens is 390 g/mol. The molecule has 0 amide bonds. The lowest BCUT2D eigenvalue weighted by molar-refractivity contribution is -0.0329. The smallest absolute Gasteiger partial charge is 0.172 e. The molecule has 0 aromatic carbocycles. The number of hydrogen-bond donors (Lipinski definition) is 2. The van der Waals surface area contributed by atoms with E-state index in [4.69, 9.17) is 4.98 Å². The Morgan fingerprint density at radius 3 is 3.12 bits per heavy atom. The van der Waals surface area contributed by atoms with Crippen LogP contribution in [-0.2, 0) is 0 Å².